The Morgan fingerprint density at radius 1 is 1.18 bits per heavy atom. The summed E-state index contributed by atoms with van der Waals surface area (Å²) < 4.78 is 3.28. The molecule has 3 nitrogen and oxygen atoms in total. The maximum atomic E-state index is 4.44. The van der Waals surface area contributed by atoms with Gasteiger partial charge in [0.15, 0.2) is 0 Å². The van der Waals surface area contributed by atoms with Crippen LogP contribution in [-0.2, 0) is 6.54 Å². The van der Waals surface area contributed by atoms with E-state index in [2.05, 4.69) is 36.4 Å². The predicted octanol–water partition coefficient (Wildman–Crippen LogP) is 3.08. The van der Waals surface area contributed by atoms with Gasteiger partial charge in [-0.05, 0) is 54.0 Å². The number of piperidine rings is 1. The Balaban J connectivity index is 1.86. The Hall–Kier alpha value is -0.870. The van der Waals surface area contributed by atoms with Gasteiger partial charge < -0.3 is 4.40 Å². The summed E-state index contributed by atoms with van der Waals surface area (Å²) in [5.41, 5.74) is 2.31. The molecule has 1 saturated heterocycles. The van der Waals surface area contributed by atoms with Crippen LogP contribution in [0.3, 0.4) is 0 Å². The van der Waals surface area contributed by atoms with Gasteiger partial charge in [-0.25, -0.2) is 4.98 Å². The number of nitrogens with zero attached hydrogens (tertiary/aromatic N) is 3. The zero-order chi connectivity index (χ0) is 11.7. The van der Waals surface area contributed by atoms with Crippen LogP contribution in [0, 0.1) is 0 Å². The van der Waals surface area contributed by atoms with E-state index in [4.69, 9.17) is 0 Å². The lowest BCUT2D eigenvalue weighted by molar-refractivity contribution is 0.218. The summed E-state index contributed by atoms with van der Waals surface area (Å²) in [6, 6.07) is 4.08. The molecule has 3 rings (SSSR count). The molecule has 90 valence electrons. The van der Waals surface area contributed by atoms with E-state index >= 15 is 0 Å². The molecule has 0 spiro atoms. The Morgan fingerprint density at radius 2 is 2.00 bits per heavy atom. The van der Waals surface area contributed by atoms with Crippen LogP contribution >= 0.6 is 15.9 Å². The van der Waals surface area contributed by atoms with E-state index in [-0.39, 0.29) is 0 Å². The molecule has 0 atom stereocenters. The molecule has 2 aromatic rings. The van der Waals surface area contributed by atoms with Gasteiger partial charge in [0.25, 0.3) is 0 Å². The standard InChI is InChI=1S/C13H16BrN3/c14-11-4-5-13-15-8-12(17(13)9-11)10-16-6-2-1-3-7-16/h4-5,8-9H,1-3,6-7,10H2. The monoisotopic (exact) mass is 293 g/mol. The predicted molar refractivity (Wildman–Crippen MR) is 72.0 cm³/mol. The van der Waals surface area contributed by atoms with Gasteiger partial charge in [0.1, 0.15) is 5.65 Å². The van der Waals surface area contributed by atoms with Crippen molar-refractivity contribution in [3.8, 4) is 0 Å². The maximum absolute atomic E-state index is 4.44. The second-order valence-corrected chi connectivity index (χ2v) is 5.58. The first-order valence-corrected chi connectivity index (χ1v) is 6.96. The van der Waals surface area contributed by atoms with Gasteiger partial charge in [-0.3, -0.25) is 4.90 Å². The quantitative estimate of drug-likeness (QED) is 0.848. The summed E-state index contributed by atoms with van der Waals surface area (Å²) in [4.78, 5) is 6.96. The van der Waals surface area contributed by atoms with E-state index in [1.165, 1.54) is 38.0 Å². The number of hydrogen-bond donors (Lipinski definition) is 0. The fourth-order valence-corrected chi connectivity index (χ4v) is 2.81. The van der Waals surface area contributed by atoms with Gasteiger partial charge in [-0.2, -0.15) is 0 Å². The zero-order valence-electron chi connectivity index (χ0n) is 9.77. The smallest absolute Gasteiger partial charge is 0.136 e. The highest BCUT2D eigenvalue weighted by Gasteiger charge is 2.12. The second kappa shape index (κ2) is 4.78. The summed E-state index contributed by atoms with van der Waals surface area (Å²) in [5, 5.41) is 0. The molecule has 1 aliphatic heterocycles. The van der Waals surface area contributed by atoms with E-state index in [1.807, 2.05) is 18.3 Å². The van der Waals surface area contributed by atoms with Gasteiger partial charge >= 0.3 is 0 Å². The molecule has 1 fully saturated rings. The van der Waals surface area contributed by atoms with Gasteiger partial charge in [0.05, 0.1) is 11.9 Å². The number of halogens is 1. The number of pyridine rings is 1. The maximum Gasteiger partial charge on any atom is 0.136 e. The highest BCUT2D eigenvalue weighted by atomic mass is 79.9. The van der Waals surface area contributed by atoms with Crippen molar-refractivity contribution >= 4 is 21.6 Å². The number of rotatable bonds is 2. The van der Waals surface area contributed by atoms with Crippen molar-refractivity contribution < 1.29 is 0 Å². The van der Waals surface area contributed by atoms with Gasteiger partial charge in [0.2, 0.25) is 0 Å². The van der Waals surface area contributed by atoms with Crippen LogP contribution in [0.1, 0.15) is 25.0 Å². The molecule has 0 N–H and O–H groups in total. The molecular formula is C13H16BrN3. The summed E-state index contributed by atoms with van der Waals surface area (Å²) in [5.74, 6) is 0. The van der Waals surface area contributed by atoms with Crippen molar-refractivity contribution in [1.82, 2.24) is 14.3 Å². The fourth-order valence-electron chi connectivity index (χ4n) is 2.47. The van der Waals surface area contributed by atoms with Crippen molar-refractivity contribution in [2.75, 3.05) is 13.1 Å². The van der Waals surface area contributed by atoms with Crippen LogP contribution in [0.5, 0.6) is 0 Å². The van der Waals surface area contributed by atoms with Crippen LogP contribution in [0.15, 0.2) is 29.0 Å². The van der Waals surface area contributed by atoms with Crippen molar-refractivity contribution in [2.24, 2.45) is 0 Å². The van der Waals surface area contributed by atoms with E-state index < -0.39 is 0 Å². The third-order valence-corrected chi connectivity index (χ3v) is 3.85. The van der Waals surface area contributed by atoms with Crippen molar-refractivity contribution in [2.45, 2.75) is 25.8 Å². The Kier molecular flexibility index (Phi) is 3.16. The molecule has 17 heavy (non-hydrogen) atoms. The van der Waals surface area contributed by atoms with Crippen molar-refractivity contribution in [3.05, 3.63) is 34.7 Å². The number of likely N-dealkylation sites (tertiary alicyclic amines) is 1. The molecule has 0 aliphatic carbocycles. The number of fused-ring (bicyclic) bond motifs is 1. The van der Waals surface area contributed by atoms with Crippen LogP contribution in [0.4, 0.5) is 0 Å². The number of aromatic nitrogens is 2. The lowest BCUT2D eigenvalue weighted by Crippen LogP contribution is -2.29. The van der Waals surface area contributed by atoms with Crippen LogP contribution < -0.4 is 0 Å². The molecule has 0 bridgehead atoms. The summed E-state index contributed by atoms with van der Waals surface area (Å²) in [6.07, 6.45) is 8.15. The molecule has 3 heterocycles. The molecule has 2 aromatic heterocycles. The topological polar surface area (TPSA) is 20.5 Å². The molecule has 0 aromatic carbocycles. The van der Waals surface area contributed by atoms with Crippen molar-refractivity contribution in [3.63, 3.8) is 0 Å². The fraction of sp³-hybridized carbons (Fsp3) is 0.462. The largest absolute Gasteiger partial charge is 0.302 e. The van der Waals surface area contributed by atoms with E-state index in [0.29, 0.717) is 0 Å². The summed E-state index contributed by atoms with van der Waals surface area (Å²) in [6.45, 7) is 3.46. The highest BCUT2D eigenvalue weighted by molar-refractivity contribution is 9.10. The van der Waals surface area contributed by atoms with Crippen LogP contribution in [0.25, 0.3) is 5.65 Å². The minimum absolute atomic E-state index is 1.01. The van der Waals surface area contributed by atoms with Crippen LogP contribution in [-0.4, -0.2) is 27.4 Å². The molecule has 4 heteroatoms. The molecule has 0 radical (unpaired) electrons. The average molecular weight is 294 g/mol. The SMILES string of the molecule is Brc1ccc2ncc(CN3CCCCC3)n2c1. The van der Waals surface area contributed by atoms with Crippen molar-refractivity contribution in [1.29, 1.82) is 0 Å². The molecular weight excluding hydrogens is 278 g/mol. The third kappa shape index (κ3) is 2.38. The lowest BCUT2D eigenvalue weighted by Gasteiger charge is -2.25. The Bertz CT molecular complexity index is 514. The van der Waals surface area contributed by atoms with E-state index in [0.717, 1.165) is 16.7 Å². The molecule has 0 amide bonds. The number of imidazole rings is 1. The summed E-state index contributed by atoms with van der Waals surface area (Å²) >= 11 is 3.51. The minimum atomic E-state index is 1.01. The van der Waals surface area contributed by atoms with E-state index in [9.17, 15) is 0 Å². The first-order chi connectivity index (χ1) is 8.33. The summed E-state index contributed by atoms with van der Waals surface area (Å²) in [7, 11) is 0. The second-order valence-electron chi connectivity index (χ2n) is 4.66. The molecule has 1 aliphatic rings. The molecule has 0 saturated carbocycles. The van der Waals surface area contributed by atoms with Gasteiger partial charge in [-0.1, -0.05) is 6.42 Å². The highest BCUT2D eigenvalue weighted by Crippen LogP contribution is 2.17. The Morgan fingerprint density at radius 3 is 2.82 bits per heavy atom. The zero-order valence-corrected chi connectivity index (χ0v) is 11.4. The molecule has 0 unspecified atom stereocenters. The first-order valence-electron chi connectivity index (χ1n) is 6.17. The van der Waals surface area contributed by atoms with Gasteiger partial charge in [-0.15, -0.1) is 0 Å². The Labute approximate surface area is 110 Å². The minimum Gasteiger partial charge on any atom is -0.302 e. The first kappa shape index (κ1) is 11.2. The lowest BCUT2D eigenvalue weighted by atomic mass is 10.1. The number of hydrogen-bond acceptors (Lipinski definition) is 2. The normalized spacial score (nSPS) is 17.7. The van der Waals surface area contributed by atoms with E-state index in [1.54, 1.807) is 0 Å². The third-order valence-electron chi connectivity index (χ3n) is 3.38. The van der Waals surface area contributed by atoms with Crippen LogP contribution in [0.2, 0.25) is 0 Å². The van der Waals surface area contributed by atoms with Gasteiger partial charge in [0, 0.05) is 17.2 Å². The average Bonchev–Trinajstić information content (AvgIpc) is 2.73.